The number of nitrogens with one attached hydrogen (secondary N) is 3. The lowest BCUT2D eigenvalue weighted by Gasteiger charge is -2.15. The predicted molar refractivity (Wildman–Crippen MR) is 89.1 cm³/mol. The van der Waals surface area contributed by atoms with E-state index in [0.717, 1.165) is 6.42 Å². The number of hydrogen-bond donors (Lipinski definition) is 3. The summed E-state index contributed by atoms with van der Waals surface area (Å²) in [5.41, 5.74) is 3.19. The van der Waals surface area contributed by atoms with E-state index in [4.69, 9.17) is 9.57 Å². The molecule has 0 fully saturated rings. The molecule has 0 aliphatic rings. The van der Waals surface area contributed by atoms with E-state index in [1.807, 2.05) is 6.92 Å². The smallest absolute Gasteiger partial charge is 0.343 e. The summed E-state index contributed by atoms with van der Waals surface area (Å²) in [6, 6.07) is 6.33. The number of carbonyl (C=O) groups excluding carboxylic acids is 2. The highest BCUT2D eigenvalue weighted by Gasteiger charge is 2.15. The van der Waals surface area contributed by atoms with E-state index in [0.29, 0.717) is 18.0 Å². The van der Waals surface area contributed by atoms with Crippen LogP contribution < -0.4 is 16.1 Å². The van der Waals surface area contributed by atoms with Gasteiger partial charge in [-0.3, -0.25) is 9.63 Å². The number of anilines is 2. The molecule has 0 aliphatic heterocycles. The van der Waals surface area contributed by atoms with Crippen LogP contribution in [0.25, 0.3) is 0 Å². The van der Waals surface area contributed by atoms with Gasteiger partial charge in [0.15, 0.2) is 0 Å². The number of carbonyl (C=O) groups is 2. The zero-order valence-corrected chi connectivity index (χ0v) is 13.4. The minimum atomic E-state index is -0.636. The third kappa shape index (κ3) is 6.94. The third-order valence-electron chi connectivity index (χ3n) is 2.74. The summed E-state index contributed by atoms with van der Waals surface area (Å²) in [6.07, 6.45) is 1.72. The first-order chi connectivity index (χ1) is 11.1. The van der Waals surface area contributed by atoms with Crippen molar-refractivity contribution in [2.45, 2.75) is 26.4 Å². The van der Waals surface area contributed by atoms with Gasteiger partial charge in [0.25, 0.3) is 5.91 Å². The molecule has 7 nitrogen and oxygen atoms in total. The van der Waals surface area contributed by atoms with Crippen LogP contribution in [0.15, 0.2) is 36.9 Å². The van der Waals surface area contributed by atoms with E-state index >= 15 is 0 Å². The fourth-order valence-corrected chi connectivity index (χ4v) is 1.59. The number of urea groups is 1. The van der Waals surface area contributed by atoms with E-state index in [-0.39, 0.29) is 12.5 Å². The molecule has 23 heavy (non-hydrogen) atoms. The first kappa shape index (κ1) is 18.7. The van der Waals surface area contributed by atoms with E-state index in [1.165, 1.54) is 0 Å². The van der Waals surface area contributed by atoms with Gasteiger partial charge >= 0.3 is 6.03 Å². The topological polar surface area (TPSA) is 88.7 Å². The molecule has 1 aromatic rings. The van der Waals surface area contributed by atoms with Gasteiger partial charge in [0.2, 0.25) is 0 Å². The highest BCUT2D eigenvalue weighted by atomic mass is 16.7. The normalized spacial score (nSPS) is 11.4. The summed E-state index contributed by atoms with van der Waals surface area (Å²) in [5.74, 6) is -0.316. The lowest BCUT2D eigenvalue weighted by Crippen LogP contribution is -2.31. The molecular weight excluding hydrogens is 298 g/mol. The first-order valence-corrected chi connectivity index (χ1v) is 7.39. The molecule has 1 rings (SSSR count). The maximum absolute atomic E-state index is 12.0. The molecule has 0 bridgehead atoms. The Morgan fingerprint density at radius 2 is 1.91 bits per heavy atom. The molecule has 1 aromatic carbocycles. The van der Waals surface area contributed by atoms with Gasteiger partial charge in [0, 0.05) is 0 Å². The molecule has 7 heteroatoms. The molecule has 3 N–H and O–H groups in total. The molecule has 1 unspecified atom stereocenters. The molecule has 0 saturated carbocycles. The van der Waals surface area contributed by atoms with Crippen molar-refractivity contribution in [3.8, 4) is 0 Å². The van der Waals surface area contributed by atoms with Crippen LogP contribution in [-0.4, -0.2) is 31.3 Å². The number of para-hydroxylation sites is 2. The number of rotatable bonds is 9. The quantitative estimate of drug-likeness (QED) is 0.371. The van der Waals surface area contributed by atoms with Gasteiger partial charge < -0.3 is 15.4 Å². The Morgan fingerprint density at radius 3 is 2.52 bits per heavy atom. The standard InChI is InChI=1S/C16H23N3O4/c1-4-10-22-12(3)15(20)17-13-8-6-7-9-14(13)18-16(21)19-23-11-5-2/h4,6-9,12H,1,5,10-11H2,2-3H3,(H,17,20)(H2,18,19,21). The minimum Gasteiger partial charge on any atom is -0.365 e. The second-order valence-electron chi connectivity index (χ2n) is 4.70. The van der Waals surface area contributed by atoms with Crippen LogP contribution >= 0.6 is 0 Å². The van der Waals surface area contributed by atoms with E-state index in [9.17, 15) is 9.59 Å². The van der Waals surface area contributed by atoms with Gasteiger partial charge in [-0.25, -0.2) is 10.3 Å². The molecule has 3 amide bonds. The lowest BCUT2D eigenvalue weighted by atomic mass is 10.2. The Hall–Kier alpha value is -2.38. The minimum absolute atomic E-state index is 0.283. The van der Waals surface area contributed by atoms with Gasteiger partial charge in [-0.05, 0) is 25.5 Å². The van der Waals surface area contributed by atoms with Crippen molar-refractivity contribution in [2.24, 2.45) is 0 Å². The maximum Gasteiger partial charge on any atom is 0.343 e. The Balaban J connectivity index is 2.64. The zero-order valence-electron chi connectivity index (χ0n) is 13.4. The number of hydrogen-bond acceptors (Lipinski definition) is 4. The monoisotopic (exact) mass is 321 g/mol. The van der Waals surface area contributed by atoms with Crippen molar-refractivity contribution in [3.63, 3.8) is 0 Å². The zero-order chi connectivity index (χ0) is 17.1. The van der Waals surface area contributed by atoms with Gasteiger partial charge in [0.1, 0.15) is 6.10 Å². The van der Waals surface area contributed by atoms with Gasteiger partial charge in [-0.15, -0.1) is 6.58 Å². The Bertz CT molecular complexity index is 534. The highest BCUT2D eigenvalue weighted by Crippen LogP contribution is 2.21. The molecule has 0 heterocycles. The van der Waals surface area contributed by atoms with E-state index in [1.54, 1.807) is 37.3 Å². The van der Waals surface area contributed by atoms with Crippen LogP contribution in [0.5, 0.6) is 0 Å². The van der Waals surface area contributed by atoms with Crippen molar-refractivity contribution in [2.75, 3.05) is 23.8 Å². The van der Waals surface area contributed by atoms with Gasteiger partial charge in [-0.1, -0.05) is 25.1 Å². The first-order valence-electron chi connectivity index (χ1n) is 7.39. The van der Waals surface area contributed by atoms with Crippen molar-refractivity contribution in [1.29, 1.82) is 0 Å². The number of benzene rings is 1. The van der Waals surface area contributed by atoms with Crippen LogP contribution in [0.2, 0.25) is 0 Å². The fraction of sp³-hybridized carbons (Fsp3) is 0.375. The Labute approximate surface area is 136 Å². The van der Waals surface area contributed by atoms with Crippen molar-refractivity contribution < 1.29 is 19.2 Å². The summed E-state index contributed by atoms with van der Waals surface area (Å²) >= 11 is 0. The van der Waals surface area contributed by atoms with Crippen LogP contribution in [0.4, 0.5) is 16.2 Å². The van der Waals surface area contributed by atoms with Gasteiger partial charge in [0.05, 0.1) is 24.6 Å². The second kappa shape index (κ2) is 10.4. The molecule has 1 atom stereocenters. The lowest BCUT2D eigenvalue weighted by molar-refractivity contribution is -0.125. The summed E-state index contributed by atoms with van der Waals surface area (Å²) in [7, 11) is 0. The highest BCUT2D eigenvalue weighted by molar-refractivity contribution is 6.00. The fourth-order valence-electron chi connectivity index (χ4n) is 1.59. The number of ether oxygens (including phenoxy) is 1. The molecule has 0 aromatic heterocycles. The second-order valence-corrected chi connectivity index (χ2v) is 4.70. The van der Waals surface area contributed by atoms with Crippen LogP contribution in [-0.2, 0) is 14.4 Å². The van der Waals surface area contributed by atoms with E-state index < -0.39 is 12.1 Å². The molecular formula is C16H23N3O4. The predicted octanol–water partition coefficient (Wildman–Crippen LogP) is 2.68. The molecule has 0 radical (unpaired) electrons. The maximum atomic E-state index is 12.0. The van der Waals surface area contributed by atoms with Gasteiger partial charge in [-0.2, -0.15) is 0 Å². The molecule has 0 aliphatic carbocycles. The molecule has 0 saturated heterocycles. The Morgan fingerprint density at radius 1 is 1.26 bits per heavy atom. The summed E-state index contributed by atoms with van der Waals surface area (Å²) in [6.45, 7) is 7.80. The third-order valence-corrected chi connectivity index (χ3v) is 2.74. The summed E-state index contributed by atoms with van der Waals surface area (Å²) in [5, 5.41) is 5.32. The average Bonchev–Trinajstić information content (AvgIpc) is 2.54. The van der Waals surface area contributed by atoms with Crippen LogP contribution in [0, 0.1) is 0 Å². The largest absolute Gasteiger partial charge is 0.365 e. The van der Waals surface area contributed by atoms with Crippen molar-refractivity contribution >= 4 is 23.3 Å². The van der Waals surface area contributed by atoms with Crippen molar-refractivity contribution in [1.82, 2.24) is 5.48 Å². The summed E-state index contributed by atoms with van der Waals surface area (Å²) in [4.78, 5) is 28.7. The van der Waals surface area contributed by atoms with Crippen LogP contribution in [0.3, 0.4) is 0 Å². The average molecular weight is 321 g/mol. The Kier molecular flexibility index (Phi) is 8.41. The van der Waals surface area contributed by atoms with Crippen molar-refractivity contribution in [3.05, 3.63) is 36.9 Å². The molecule has 0 spiro atoms. The number of hydroxylamine groups is 1. The number of amides is 3. The summed E-state index contributed by atoms with van der Waals surface area (Å²) < 4.78 is 5.26. The molecule has 126 valence electrons. The van der Waals surface area contributed by atoms with Crippen LogP contribution in [0.1, 0.15) is 20.3 Å². The SMILES string of the molecule is C=CCOC(C)C(=O)Nc1ccccc1NC(=O)NOCCC. The van der Waals surface area contributed by atoms with E-state index in [2.05, 4.69) is 22.7 Å².